The zero-order chi connectivity index (χ0) is 10.2. The predicted octanol–water partition coefficient (Wildman–Crippen LogP) is 2.41. The molecule has 0 saturated carbocycles. The van der Waals surface area contributed by atoms with E-state index in [1.165, 1.54) is 10.8 Å². The lowest BCUT2D eigenvalue weighted by Crippen LogP contribution is -1.95. The van der Waals surface area contributed by atoms with Gasteiger partial charge in [0.2, 0.25) is 0 Å². The van der Waals surface area contributed by atoms with Gasteiger partial charge in [0.25, 0.3) is 0 Å². The second-order valence-electron chi connectivity index (χ2n) is 3.63. The van der Waals surface area contributed by atoms with Crippen molar-refractivity contribution in [3.05, 3.63) is 34.1 Å². The monoisotopic (exact) mass is 198 g/mol. The molecule has 1 aliphatic rings. The molecule has 0 bridgehead atoms. The van der Waals surface area contributed by atoms with Crippen LogP contribution in [0.3, 0.4) is 0 Å². The first-order chi connectivity index (χ1) is 5.83. The molecule has 0 spiro atoms. The lowest BCUT2D eigenvalue weighted by molar-refractivity contribution is 0.612. The summed E-state index contributed by atoms with van der Waals surface area (Å²) >= 11 is 0. The van der Waals surface area contributed by atoms with Crippen molar-refractivity contribution in [2.45, 2.75) is 20.8 Å². The van der Waals surface area contributed by atoms with Crippen molar-refractivity contribution < 1.29 is 8.42 Å². The summed E-state index contributed by atoms with van der Waals surface area (Å²) in [6, 6.07) is 0. The smallest absolute Gasteiger partial charge is 0.193 e. The van der Waals surface area contributed by atoms with Gasteiger partial charge < -0.3 is 0 Å². The number of rotatable bonds is 2. The minimum Gasteiger partial charge on any atom is -0.220 e. The summed E-state index contributed by atoms with van der Waals surface area (Å²) in [4.78, 5) is 0. The summed E-state index contributed by atoms with van der Waals surface area (Å²) < 4.78 is 22.5. The van der Waals surface area contributed by atoms with E-state index < -0.39 is 9.84 Å². The molecule has 0 amide bonds. The maximum Gasteiger partial charge on any atom is 0.193 e. The summed E-state index contributed by atoms with van der Waals surface area (Å²) in [6.45, 7) is 9.54. The van der Waals surface area contributed by atoms with Crippen molar-refractivity contribution in [1.29, 1.82) is 0 Å². The highest BCUT2D eigenvalue weighted by Crippen LogP contribution is 2.31. The standard InChI is InChI=1S/C10H14O2S/c1-7(2)9-5-13(11,12)6-10(9)8(3)4/h5-6,8H,1H2,2-4H3. The summed E-state index contributed by atoms with van der Waals surface area (Å²) in [6.07, 6.45) is 0. The minimum atomic E-state index is -3.12. The Morgan fingerprint density at radius 2 is 1.92 bits per heavy atom. The van der Waals surface area contributed by atoms with Crippen molar-refractivity contribution in [2.75, 3.05) is 0 Å². The lowest BCUT2D eigenvalue weighted by Gasteiger charge is -2.09. The molecule has 0 aliphatic carbocycles. The summed E-state index contributed by atoms with van der Waals surface area (Å²) in [5.41, 5.74) is 2.45. The minimum absolute atomic E-state index is 0.222. The Bertz CT molecular complexity index is 395. The second kappa shape index (κ2) is 3.14. The molecule has 1 aliphatic heterocycles. The lowest BCUT2D eigenvalue weighted by atomic mass is 9.94. The van der Waals surface area contributed by atoms with E-state index >= 15 is 0 Å². The molecule has 0 N–H and O–H groups in total. The molecule has 13 heavy (non-hydrogen) atoms. The van der Waals surface area contributed by atoms with Crippen LogP contribution < -0.4 is 0 Å². The third-order valence-electron chi connectivity index (χ3n) is 1.97. The van der Waals surface area contributed by atoms with Gasteiger partial charge in [0.15, 0.2) is 9.84 Å². The number of sulfone groups is 1. The van der Waals surface area contributed by atoms with Crippen molar-refractivity contribution in [3.63, 3.8) is 0 Å². The van der Waals surface area contributed by atoms with E-state index in [9.17, 15) is 8.42 Å². The fourth-order valence-electron chi connectivity index (χ4n) is 1.30. The average Bonchev–Trinajstić information content (AvgIpc) is 2.26. The summed E-state index contributed by atoms with van der Waals surface area (Å²) in [5.74, 6) is 0.222. The molecule has 0 radical (unpaired) electrons. The van der Waals surface area contributed by atoms with Gasteiger partial charge in [-0.3, -0.25) is 0 Å². The van der Waals surface area contributed by atoms with Crippen LogP contribution in [-0.4, -0.2) is 8.42 Å². The Labute approximate surface area is 79.6 Å². The van der Waals surface area contributed by atoms with Crippen LogP contribution in [0.25, 0.3) is 0 Å². The third kappa shape index (κ3) is 2.10. The van der Waals surface area contributed by atoms with E-state index in [0.717, 1.165) is 16.7 Å². The first kappa shape index (κ1) is 10.3. The molecule has 0 aromatic rings. The molecule has 72 valence electrons. The normalized spacial score (nSPS) is 20.0. The largest absolute Gasteiger partial charge is 0.220 e. The molecule has 0 aromatic carbocycles. The predicted molar refractivity (Wildman–Crippen MR) is 54.7 cm³/mol. The van der Waals surface area contributed by atoms with Crippen molar-refractivity contribution in [2.24, 2.45) is 5.92 Å². The van der Waals surface area contributed by atoms with Crippen LogP contribution in [0.1, 0.15) is 20.8 Å². The molecule has 1 rings (SSSR count). The summed E-state index contributed by atoms with van der Waals surface area (Å²) in [5, 5.41) is 2.63. The SMILES string of the molecule is C=C(C)C1=CS(=O)(=O)C=C1C(C)C. The van der Waals surface area contributed by atoms with E-state index in [1.54, 1.807) is 0 Å². The van der Waals surface area contributed by atoms with Gasteiger partial charge in [0.05, 0.1) is 0 Å². The Morgan fingerprint density at radius 1 is 1.38 bits per heavy atom. The molecule has 1 heterocycles. The van der Waals surface area contributed by atoms with Crippen molar-refractivity contribution in [3.8, 4) is 0 Å². The van der Waals surface area contributed by atoms with E-state index in [-0.39, 0.29) is 5.92 Å². The fourth-order valence-corrected chi connectivity index (χ4v) is 2.79. The zero-order valence-electron chi connectivity index (χ0n) is 8.16. The Hall–Kier alpha value is -0.830. The van der Waals surface area contributed by atoms with Gasteiger partial charge in [-0.05, 0) is 24.0 Å². The molecule has 0 aromatic heterocycles. The van der Waals surface area contributed by atoms with E-state index in [4.69, 9.17) is 0 Å². The van der Waals surface area contributed by atoms with E-state index in [1.807, 2.05) is 20.8 Å². The molecular weight excluding hydrogens is 184 g/mol. The fraction of sp³-hybridized carbons (Fsp3) is 0.400. The maximum absolute atomic E-state index is 11.3. The Morgan fingerprint density at radius 3 is 2.23 bits per heavy atom. The maximum atomic E-state index is 11.3. The average molecular weight is 198 g/mol. The molecule has 0 saturated heterocycles. The highest BCUT2D eigenvalue weighted by atomic mass is 32.2. The third-order valence-corrected chi connectivity index (χ3v) is 3.11. The Balaban J connectivity index is 3.25. The highest BCUT2D eigenvalue weighted by molar-refractivity contribution is 7.97. The molecule has 3 heteroatoms. The van der Waals surface area contributed by atoms with E-state index in [0.29, 0.717) is 0 Å². The van der Waals surface area contributed by atoms with Crippen LogP contribution in [0.15, 0.2) is 34.1 Å². The van der Waals surface area contributed by atoms with Crippen LogP contribution in [0.4, 0.5) is 0 Å². The van der Waals surface area contributed by atoms with Crippen LogP contribution in [-0.2, 0) is 9.84 Å². The van der Waals surface area contributed by atoms with E-state index in [2.05, 4.69) is 6.58 Å². The van der Waals surface area contributed by atoms with Gasteiger partial charge in [0.1, 0.15) is 0 Å². The van der Waals surface area contributed by atoms with Gasteiger partial charge in [-0.1, -0.05) is 26.0 Å². The number of hydrogen-bond acceptors (Lipinski definition) is 2. The van der Waals surface area contributed by atoms with Crippen LogP contribution in [0.2, 0.25) is 0 Å². The second-order valence-corrected chi connectivity index (χ2v) is 5.28. The van der Waals surface area contributed by atoms with Crippen LogP contribution in [0, 0.1) is 5.92 Å². The summed E-state index contributed by atoms with van der Waals surface area (Å²) in [7, 11) is -3.12. The first-order valence-electron chi connectivity index (χ1n) is 4.18. The highest BCUT2D eigenvalue weighted by Gasteiger charge is 2.22. The molecule has 0 unspecified atom stereocenters. The van der Waals surface area contributed by atoms with Crippen molar-refractivity contribution >= 4 is 9.84 Å². The van der Waals surface area contributed by atoms with Gasteiger partial charge in [0, 0.05) is 10.8 Å². The number of allylic oxidation sites excluding steroid dienone is 3. The molecular formula is C10H14O2S. The topological polar surface area (TPSA) is 34.1 Å². The van der Waals surface area contributed by atoms with Crippen LogP contribution >= 0.6 is 0 Å². The van der Waals surface area contributed by atoms with Crippen molar-refractivity contribution in [1.82, 2.24) is 0 Å². The van der Waals surface area contributed by atoms with Gasteiger partial charge in [-0.2, -0.15) is 0 Å². The zero-order valence-corrected chi connectivity index (χ0v) is 8.98. The quantitative estimate of drug-likeness (QED) is 0.683. The Kier molecular flexibility index (Phi) is 2.48. The molecule has 0 atom stereocenters. The molecule has 0 fully saturated rings. The first-order valence-corrected chi connectivity index (χ1v) is 5.79. The van der Waals surface area contributed by atoms with Gasteiger partial charge in [-0.25, -0.2) is 8.42 Å². The van der Waals surface area contributed by atoms with Gasteiger partial charge in [-0.15, -0.1) is 0 Å². The van der Waals surface area contributed by atoms with Gasteiger partial charge >= 0.3 is 0 Å². The number of hydrogen-bond donors (Lipinski definition) is 0. The molecule has 2 nitrogen and oxygen atoms in total. The van der Waals surface area contributed by atoms with Crippen LogP contribution in [0.5, 0.6) is 0 Å².